The lowest BCUT2D eigenvalue weighted by atomic mass is 10.0. The van der Waals surface area contributed by atoms with Crippen LogP contribution in [0.25, 0.3) is 22.0 Å². The molecule has 2 N–H and O–H groups in total. The quantitative estimate of drug-likeness (QED) is 0.0812. The van der Waals surface area contributed by atoms with E-state index in [2.05, 4.69) is 31.4 Å². The third-order valence-electron chi connectivity index (χ3n) is 6.21. The monoisotopic (exact) mass is 631 g/mol. The molecule has 5 aromatic rings. The number of aromatic amines is 1. The van der Waals surface area contributed by atoms with Crippen LogP contribution in [0.15, 0.2) is 94.5 Å². The number of halogens is 2. The Kier molecular flexibility index (Phi) is 8.37. The topological polar surface area (TPSA) is 102 Å². The van der Waals surface area contributed by atoms with Gasteiger partial charge < -0.3 is 19.2 Å². The molecular formula is C31H23BrClN3O5. The molecule has 0 fully saturated rings. The van der Waals surface area contributed by atoms with Gasteiger partial charge in [-0.1, -0.05) is 57.9 Å². The number of hydrazone groups is 1. The molecule has 5 rings (SSSR count). The molecule has 1 aromatic heterocycles. The maximum atomic E-state index is 13.3. The van der Waals surface area contributed by atoms with Crippen molar-refractivity contribution in [3.8, 4) is 28.4 Å². The zero-order valence-electron chi connectivity index (χ0n) is 21.9. The van der Waals surface area contributed by atoms with E-state index in [9.17, 15) is 9.59 Å². The van der Waals surface area contributed by atoms with Crippen molar-refractivity contribution in [2.45, 2.75) is 0 Å². The molecule has 0 atom stereocenters. The molecule has 8 nitrogen and oxygen atoms in total. The molecule has 4 aromatic carbocycles. The van der Waals surface area contributed by atoms with Crippen LogP contribution in [0.1, 0.15) is 26.4 Å². The van der Waals surface area contributed by atoms with Crippen LogP contribution >= 0.6 is 27.5 Å². The number of amides is 1. The summed E-state index contributed by atoms with van der Waals surface area (Å²) >= 11 is 9.96. The standard InChI is InChI=1S/C31H23BrClN3O5/c1-39-22-11-9-20(10-12-22)31(38)41-25-13-8-18(14-26(25)40-2)17-34-36-30(37)29-27(19-6-4-3-5-7-19)23-15-21(32)16-24(33)28(23)35-29/h3-17,35H,1-2H3,(H,36,37). The van der Waals surface area contributed by atoms with E-state index in [1.165, 1.54) is 13.3 Å². The highest BCUT2D eigenvalue weighted by molar-refractivity contribution is 9.10. The molecule has 0 bridgehead atoms. The second kappa shape index (κ2) is 12.3. The zero-order valence-corrected chi connectivity index (χ0v) is 24.2. The SMILES string of the molecule is COc1ccc(C(=O)Oc2ccc(C=NNC(=O)c3[nH]c4c(Cl)cc(Br)cc4c3-c3ccccc3)cc2OC)cc1. The van der Waals surface area contributed by atoms with Crippen molar-refractivity contribution in [3.05, 3.63) is 111 Å². The van der Waals surface area contributed by atoms with Gasteiger partial charge in [0, 0.05) is 15.4 Å². The first-order chi connectivity index (χ1) is 19.9. The molecule has 0 spiro atoms. The second-order valence-corrected chi connectivity index (χ2v) is 10.1. The van der Waals surface area contributed by atoms with Crippen molar-refractivity contribution in [2.75, 3.05) is 14.2 Å². The smallest absolute Gasteiger partial charge is 0.343 e. The largest absolute Gasteiger partial charge is 0.497 e. The number of benzene rings is 4. The summed E-state index contributed by atoms with van der Waals surface area (Å²) in [6.07, 6.45) is 1.46. The Morgan fingerprint density at radius 2 is 1.68 bits per heavy atom. The lowest BCUT2D eigenvalue weighted by Crippen LogP contribution is -2.18. The number of nitrogens with zero attached hydrogens (tertiary/aromatic N) is 1. The summed E-state index contributed by atoms with van der Waals surface area (Å²) in [6.45, 7) is 0. The minimum Gasteiger partial charge on any atom is -0.497 e. The van der Waals surface area contributed by atoms with Crippen molar-refractivity contribution in [3.63, 3.8) is 0 Å². The number of nitrogens with one attached hydrogen (secondary N) is 2. The first-order valence-corrected chi connectivity index (χ1v) is 13.5. The Morgan fingerprint density at radius 1 is 0.927 bits per heavy atom. The van der Waals surface area contributed by atoms with Crippen molar-refractivity contribution in [1.29, 1.82) is 0 Å². The van der Waals surface area contributed by atoms with Crippen molar-refractivity contribution in [1.82, 2.24) is 10.4 Å². The Bertz CT molecular complexity index is 1770. The number of hydrogen-bond donors (Lipinski definition) is 2. The van der Waals surface area contributed by atoms with Crippen LogP contribution in [0.3, 0.4) is 0 Å². The predicted octanol–water partition coefficient (Wildman–Crippen LogP) is 7.25. The number of rotatable bonds is 8. The van der Waals surface area contributed by atoms with Crippen LogP contribution < -0.4 is 19.6 Å². The molecule has 0 aliphatic heterocycles. The van der Waals surface area contributed by atoms with Crippen molar-refractivity contribution in [2.24, 2.45) is 5.10 Å². The van der Waals surface area contributed by atoms with Gasteiger partial charge in [0.2, 0.25) is 0 Å². The maximum Gasteiger partial charge on any atom is 0.343 e. The maximum absolute atomic E-state index is 13.3. The molecule has 0 aliphatic rings. The minimum atomic E-state index is -0.542. The van der Waals surface area contributed by atoms with Crippen LogP contribution in [0, 0.1) is 0 Å². The molecular weight excluding hydrogens is 610 g/mol. The van der Waals surface area contributed by atoms with Crippen molar-refractivity contribution < 1.29 is 23.8 Å². The zero-order chi connectivity index (χ0) is 28.9. The highest BCUT2D eigenvalue weighted by Gasteiger charge is 2.21. The summed E-state index contributed by atoms with van der Waals surface area (Å²) in [5, 5.41) is 5.41. The van der Waals surface area contributed by atoms with Gasteiger partial charge >= 0.3 is 5.97 Å². The summed E-state index contributed by atoms with van der Waals surface area (Å²) in [4.78, 5) is 29.0. The Hall–Kier alpha value is -4.60. The van der Waals surface area contributed by atoms with E-state index in [-0.39, 0.29) is 5.75 Å². The number of methoxy groups -OCH3 is 2. The average molecular weight is 633 g/mol. The van der Waals surface area contributed by atoms with E-state index in [1.54, 1.807) is 55.6 Å². The number of H-pyrrole nitrogens is 1. The van der Waals surface area contributed by atoms with E-state index >= 15 is 0 Å². The number of ether oxygens (including phenoxy) is 3. The number of carbonyl (C=O) groups is 2. The Morgan fingerprint density at radius 3 is 2.39 bits per heavy atom. The third kappa shape index (κ3) is 6.11. The third-order valence-corrected chi connectivity index (χ3v) is 6.97. The van der Waals surface area contributed by atoms with Crippen LogP contribution in [-0.2, 0) is 0 Å². The lowest BCUT2D eigenvalue weighted by molar-refractivity contribution is 0.0729. The van der Waals surface area contributed by atoms with Crippen molar-refractivity contribution >= 4 is 56.5 Å². The molecule has 0 saturated heterocycles. The molecule has 0 aliphatic carbocycles. The number of carbonyl (C=O) groups excluding carboxylic acids is 2. The highest BCUT2D eigenvalue weighted by Crippen LogP contribution is 2.37. The molecule has 206 valence electrons. The number of esters is 1. The molecule has 10 heteroatoms. The van der Waals surface area contributed by atoms with Gasteiger partial charge in [0.25, 0.3) is 5.91 Å². The summed E-state index contributed by atoms with van der Waals surface area (Å²) in [5.74, 6) is 0.208. The van der Waals surface area contributed by atoms with Crippen LogP contribution in [0.2, 0.25) is 5.02 Å². The van der Waals surface area contributed by atoms with Gasteiger partial charge in [-0.25, -0.2) is 10.2 Å². The molecule has 1 amide bonds. The first-order valence-electron chi connectivity index (χ1n) is 12.3. The first kappa shape index (κ1) is 27.9. The Labute approximate surface area is 249 Å². The Balaban J connectivity index is 1.35. The number of fused-ring (bicyclic) bond motifs is 1. The van der Waals surface area contributed by atoms with Crippen LogP contribution in [-0.4, -0.2) is 37.3 Å². The molecule has 0 unspecified atom stereocenters. The van der Waals surface area contributed by atoms with Gasteiger partial charge in [0.1, 0.15) is 11.4 Å². The van der Waals surface area contributed by atoms with E-state index in [4.69, 9.17) is 25.8 Å². The molecule has 0 saturated carbocycles. The summed E-state index contributed by atoms with van der Waals surface area (Å²) in [5.41, 5.74) is 6.08. The fourth-order valence-corrected chi connectivity index (χ4v) is 5.11. The van der Waals surface area contributed by atoms with Gasteiger partial charge in [-0.05, 0) is 65.7 Å². The van der Waals surface area contributed by atoms with Crippen LogP contribution in [0.4, 0.5) is 0 Å². The van der Waals surface area contributed by atoms with E-state index in [0.717, 1.165) is 15.4 Å². The predicted molar refractivity (Wildman–Crippen MR) is 162 cm³/mol. The molecule has 1 heterocycles. The highest BCUT2D eigenvalue weighted by atomic mass is 79.9. The second-order valence-electron chi connectivity index (χ2n) is 8.78. The number of hydrogen-bond acceptors (Lipinski definition) is 6. The summed E-state index contributed by atoms with van der Waals surface area (Å²) < 4.78 is 16.8. The summed E-state index contributed by atoms with van der Waals surface area (Å²) in [7, 11) is 3.01. The fourth-order valence-electron chi connectivity index (χ4n) is 4.25. The summed E-state index contributed by atoms with van der Waals surface area (Å²) in [6, 6.07) is 24.7. The van der Waals surface area contributed by atoms with E-state index < -0.39 is 11.9 Å². The van der Waals surface area contributed by atoms with E-state index in [1.807, 2.05) is 36.4 Å². The van der Waals surface area contributed by atoms with Crippen LogP contribution in [0.5, 0.6) is 17.2 Å². The van der Waals surface area contributed by atoms with E-state index in [0.29, 0.717) is 44.4 Å². The molecule has 41 heavy (non-hydrogen) atoms. The minimum absolute atomic E-state index is 0.239. The van der Waals surface area contributed by atoms with Gasteiger partial charge in [-0.15, -0.1) is 0 Å². The van der Waals surface area contributed by atoms with Gasteiger partial charge in [-0.3, -0.25) is 4.79 Å². The molecule has 0 radical (unpaired) electrons. The van der Waals surface area contributed by atoms with Gasteiger partial charge in [-0.2, -0.15) is 5.10 Å². The number of aromatic nitrogens is 1. The lowest BCUT2D eigenvalue weighted by Gasteiger charge is -2.10. The van der Waals surface area contributed by atoms with Gasteiger partial charge in [0.05, 0.1) is 36.5 Å². The fraction of sp³-hybridized carbons (Fsp3) is 0.0645. The average Bonchev–Trinajstić information content (AvgIpc) is 3.38. The normalized spacial score (nSPS) is 11.0. The van der Waals surface area contributed by atoms with Gasteiger partial charge in [0.15, 0.2) is 11.5 Å².